The highest BCUT2D eigenvalue weighted by Crippen LogP contribution is 2.26. The summed E-state index contributed by atoms with van der Waals surface area (Å²) in [5.74, 6) is 0.00787. The van der Waals surface area contributed by atoms with E-state index in [1.54, 1.807) is 11.0 Å². The van der Waals surface area contributed by atoms with Crippen LogP contribution in [-0.4, -0.2) is 12.5 Å². The van der Waals surface area contributed by atoms with E-state index in [0.29, 0.717) is 17.1 Å². The van der Waals surface area contributed by atoms with Gasteiger partial charge >= 0.3 is 0 Å². The van der Waals surface area contributed by atoms with Crippen LogP contribution in [-0.2, 0) is 0 Å². The van der Waals surface area contributed by atoms with Gasteiger partial charge in [0.25, 0.3) is 5.91 Å². The van der Waals surface area contributed by atoms with E-state index < -0.39 is 0 Å². The van der Waals surface area contributed by atoms with Gasteiger partial charge in [0.05, 0.1) is 4.88 Å². The van der Waals surface area contributed by atoms with E-state index in [0.717, 1.165) is 10.6 Å². The Morgan fingerprint density at radius 1 is 1.33 bits per heavy atom. The van der Waals surface area contributed by atoms with Crippen molar-refractivity contribution in [2.24, 2.45) is 0 Å². The highest BCUT2D eigenvalue weighted by molar-refractivity contribution is 7.14. The molecule has 3 nitrogen and oxygen atoms in total. The van der Waals surface area contributed by atoms with Crippen LogP contribution in [0.3, 0.4) is 0 Å². The minimum absolute atomic E-state index is 0.00787. The molecule has 0 fully saturated rings. The Morgan fingerprint density at radius 3 is 2.50 bits per heavy atom. The van der Waals surface area contributed by atoms with Crippen molar-refractivity contribution in [1.29, 1.82) is 0 Å². The Balaban J connectivity index is 2.31. The zero-order valence-corrected chi connectivity index (χ0v) is 11.3. The fourth-order valence-electron chi connectivity index (χ4n) is 1.79. The number of aryl methyl sites for hydroxylation is 1. The monoisotopic (exact) mass is 260 g/mol. The van der Waals surface area contributed by atoms with Gasteiger partial charge in [-0.1, -0.05) is 18.2 Å². The van der Waals surface area contributed by atoms with Gasteiger partial charge in [-0.15, -0.1) is 11.3 Å². The summed E-state index contributed by atoms with van der Waals surface area (Å²) in [6.45, 7) is 4.53. The molecule has 4 heteroatoms. The molecular weight excluding hydrogens is 244 g/mol. The van der Waals surface area contributed by atoms with Gasteiger partial charge in [0.1, 0.15) is 0 Å². The van der Waals surface area contributed by atoms with Crippen LogP contribution < -0.4 is 10.6 Å². The molecule has 18 heavy (non-hydrogen) atoms. The Hall–Kier alpha value is -1.81. The first-order chi connectivity index (χ1) is 8.63. The minimum atomic E-state index is 0.00787. The second kappa shape index (κ2) is 5.23. The molecule has 1 aromatic carbocycles. The van der Waals surface area contributed by atoms with Crippen LogP contribution in [0.4, 0.5) is 11.4 Å². The molecule has 0 aliphatic heterocycles. The number of rotatable bonds is 3. The third kappa shape index (κ3) is 2.38. The predicted molar refractivity (Wildman–Crippen MR) is 77.3 cm³/mol. The first-order valence-corrected chi connectivity index (χ1v) is 6.68. The van der Waals surface area contributed by atoms with E-state index >= 15 is 0 Å². The van der Waals surface area contributed by atoms with Crippen LogP contribution in [0.15, 0.2) is 36.4 Å². The molecule has 0 aliphatic carbocycles. The van der Waals surface area contributed by atoms with Crippen LogP contribution in [0.2, 0.25) is 0 Å². The number of para-hydroxylation sites is 1. The van der Waals surface area contributed by atoms with Gasteiger partial charge in [-0.05, 0) is 32.0 Å². The number of nitrogens with zero attached hydrogens (tertiary/aromatic N) is 1. The third-order valence-corrected chi connectivity index (χ3v) is 3.85. The lowest BCUT2D eigenvalue weighted by Crippen LogP contribution is -2.29. The number of amides is 1. The van der Waals surface area contributed by atoms with E-state index in [4.69, 9.17) is 5.73 Å². The first kappa shape index (κ1) is 12.6. The van der Waals surface area contributed by atoms with Crippen LogP contribution >= 0.6 is 11.3 Å². The average molecular weight is 260 g/mol. The van der Waals surface area contributed by atoms with Crippen molar-refractivity contribution in [2.45, 2.75) is 13.8 Å². The lowest BCUT2D eigenvalue weighted by Gasteiger charge is -2.20. The van der Waals surface area contributed by atoms with E-state index in [-0.39, 0.29) is 5.91 Å². The molecule has 0 unspecified atom stereocenters. The molecule has 2 aromatic rings. The second-order valence-electron chi connectivity index (χ2n) is 4.01. The SMILES string of the molecule is CCN(C(=O)c1cc(N)c(C)s1)c1ccccc1. The number of hydrogen-bond acceptors (Lipinski definition) is 3. The molecule has 0 atom stereocenters. The number of carbonyl (C=O) groups is 1. The van der Waals surface area contributed by atoms with Crippen molar-refractivity contribution in [3.8, 4) is 0 Å². The molecule has 1 amide bonds. The normalized spacial score (nSPS) is 10.3. The summed E-state index contributed by atoms with van der Waals surface area (Å²) in [6.07, 6.45) is 0. The maximum Gasteiger partial charge on any atom is 0.268 e. The Morgan fingerprint density at radius 2 is 2.00 bits per heavy atom. The molecule has 94 valence electrons. The summed E-state index contributed by atoms with van der Waals surface area (Å²) in [6, 6.07) is 11.4. The molecular formula is C14H16N2OS. The molecule has 0 aliphatic rings. The molecule has 0 spiro atoms. The molecule has 0 bridgehead atoms. The summed E-state index contributed by atoms with van der Waals surface area (Å²) in [4.78, 5) is 15.9. The van der Waals surface area contributed by atoms with Crippen LogP contribution in [0.5, 0.6) is 0 Å². The van der Waals surface area contributed by atoms with Crippen molar-refractivity contribution in [1.82, 2.24) is 0 Å². The van der Waals surface area contributed by atoms with Gasteiger partial charge in [-0.25, -0.2) is 0 Å². The van der Waals surface area contributed by atoms with Gasteiger partial charge in [-0.3, -0.25) is 4.79 Å². The second-order valence-corrected chi connectivity index (χ2v) is 5.26. The lowest BCUT2D eigenvalue weighted by molar-refractivity contribution is 0.0992. The average Bonchev–Trinajstić information content (AvgIpc) is 2.72. The highest BCUT2D eigenvalue weighted by atomic mass is 32.1. The van der Waals surface area contributed by atoms with E-state index in [1.165, 1.54) is 11.3 Å². The van der Waals surface area contributed by atoms with E-state index in [9.17, 15) is 4.79 Å². The molecule has 2 N–H and O–H groups in total. The van der Waals surface area contributed by atoms with Crippen LogP contribution in [0.25, 0.3) is 0 Å². The first-order valence-electron chi connectivity index (χ1n) is 5.86. The summed E-state index contributed by atoms with van der Waals surface area (Å²) in [5.41, 5.74) is 7.40. The van der Waals surface area contributed by atoms with Crippen molar-refractivity contribution in [3.63, 3.8) is 0 Å². The van der Waals surface area contributed by atoms with E-state index in [2.05, 4.69) is 0 Å². The molecule has 0 saturated carbocycles. The molecule has 1 aromatic heterocycles. The lowest BCUT2D eigenvalue weighted by atomic mass is 10.2. The summed E-state index contributed by atoms with van der Waals surface area (Å²) in [7, 11) is 0. The fourth-order valence-corrected chi connectivity index (χ4v) is 2.68. The standard InChI is InChI=1S/C14H16N2OS/c1-3-16(11-7-5-4-6-8-11)14(17)13-9-12(15)10(2)18-13/h4-9H,3,15H2,1-2H3. The van der Waals surface area contributed by atoms with Gasteiger partial charge in [-0.2, -0.15) is 0 Å². The Labute approximate surface area is 111 Å². The summed E-state index contributed by atoms with van der Waals surface area (Å²) in [5, 5.41) is 0. The molecule has 1 heterocycles. The molecule has 0 saturated heterocycles. The maximum atomic E-state index is 12.4. The zero-order chi connectivity index (χ0) is 13.1. The number of hydrogen-bond donors (Lipinski definition) is 1. The predicted octanol–water partition coefficient (Wildman–Crippen LogP) is 3.31. The number of anilines is 2. The fraction of sp³-hybridized carbons (Fsp3) is 0.214. The molecule has 2 rings (SSSR count). The zero-order valence-electron chi connectivity index (χ0n) is 10.5. The largest absolute Gasteiger partial charge is 0.398 e. The van der Waals surface area contributed by atoms with Gasteiger partial charge < -0.3 is 10.6 Å². The number of thiophene rings is 1. The molecule has 0 radical (unpaired) electrons. The topological polar surface area (TPSA) is 46.3 Å². The number of nitrogen functional groups attached to an aromatic ring is 1. The number of carbonyl (C=O) groups excluding carboxylic acids is 1. The van der Waals surface area contributed by atoms with Crippen molar-refractivity contribution in [2.75, 3.05) is 17.2 Å². The van der Waals surface area contributed by atoms with Crippen molar-refractivity contribution >= 4 is 28.6 Å². The quantitative estimate of drug-likeness (QED) is 0.920. The van der Waals surface area contributed by atoms with Crippen LogP contribution in [0.1, 0.15) is 21.5 Å². The van der Waals surface area contributed by atoms with Crippen molar-refractivity contribution in [3.05, 3.63) is 46.2 Å². The number of nitrogens with two attached hydrogens (primary N) is 1. The highest BCUT2D eigenvalue weighted by Gasteiger charge is 2.18. The van der Waals surface area contributed by atoms with Crippen LogP contribution in [0, 0.1) is 6.92 Å². The smallest absolute Gasteiger partial charge is 0.268 e. The third-order valence-electron chi connectivity index (χ3n) is 2.80. The maximum absolute atomic E-state index is 12.4. The summed E-state index contributed by atoms with van der Waals surface area (Å²) < 4.78 is 0. The Kier molecular flexibility index (Phi) is 3.67. The minimum Gasteiger partial charge on any atom is -0.398 e. The van der Waals surface area contributed by atoms with E-state index in [1.807, 2.05) is 44.2 Å². The summed E-state index contributed by atoms with van der Waals surface area (Å²) >= 11 is 1.44. The Bertz CT molecular complexity index is 529. The van der Waals surface area contributed by atoms with Crippen molar-refractivity contribution < 1.29 is 4.79 Å². The number of benzene rings is 1. The van der Waals surface area contributed by atoms with Gasteiger partial charge in [0.15, 0.2) is 0 Å². The van der Waals surface area contributed by atoms with Gasteiger partial charge in [0, 0.05) is 22.8 Å². The van der Waals surface area contributed by atoms with Gasteiger partial charge in [0.2, 0.25) is 0 Å².